The predicted octanol–water partition coefficient (Wildman–Crippen LogP) is 3.87. The fourth-order valence-electron chi connectivity index (χ4n) is 2.59. The number of urea groups is 1. The van der Waals surface area contributed by atoms with Crippen molar-refractivity contribution in [3.8, 4) is 0 Å². The molecule has 7 nitrogen and oxygen atoms in total. The molecule has 3 rings (SSSR count). The van der Waals surface area contributed by atoms with E-state index in [1.54, 1.807) is 28.6 Å². The molecule has 1 atom stereocenters. The number of rotatable bonds is 7. The monoisotopic (exact) mass is 385 g/mol. The van der Waals surface area contributed by atoms with Crippen LogP contribution in [0.5, 0.6) is 0 Å². The number of amides is 2. The number of aromatic nitrogens is 3. The van der Waals surface area contributed by atoms with Gasteiger partial charge in [0.2, 0.25) is 5.89 Å². The van der Waals surface area contributed by atoms with Crippen molar-refractivity contribution in [1.29, 1.82) is 0 Å². The van der Waals surface area contributed by atoms with Crippen LogP contribution < -0.4 is 5.32 Å². The second-order valence-electron chi connectivity index (χ2n) is 6.30. The highest BCUT2D eigenvalue weighted by Gasteiger charge is 2.21. The highest BCUT2D eigenvalue weighted by Crippen LogP contribution is 2.19. The van der Waals surface area contributed by atoms with Crippen LogP contribution in [0.2, 0.25) is 0 Å². The largest absolute Gasteiger partial charge is 0.337 e. The van der Waals surface area contributed by atoms with Crippen LogP contribution in [-0.4, -0.2) is 26.1 Å². The number of thiophene rings is 1. The van der Waals surface area contributed by atoms with Crippen molar-refractivity contribution >= 4 is 17.4 Å². The maximum Gasteiger partial charge on any atom is 0.318 e. The Morgan fingerprint density at radius 2 is 2.04 bits per heavy atom. The summed E-state index contributed by atoms with van der Waals surface area (Å²) in [4.78, 5) is 25.4. The first-order valence-corrected chi connectivity index (χ1v) is 9.69. The molecule has 142 valence electrons. The molecule has 8 heteroatoms. The van der Waals surface area contributed by atoms with Crippen LogP contribution in [0.15, 0.2) is 41.2 Å². The van der Waals surface area contributed by atoms with Crippen molar-refractivity contribution < 1.29 is 9.32 Å². The average molecular weight is 385 g/mol. The zero-order valence-electron chi connectivity index (χ0n) is 15.7. The van der Waals surface area contributed by atoms with Crippen molar-refractivity contribution in [3.05, 3.63) is 63.7 Å². The number of hydrogen-bond acceptors (Lipinski definition) is 6. The molecule has 0 unspecified atom stereocenters. The van der Waals surface area contributed by atoms with Crippen LogP contribution >= 0.6 is 11.3 Å². The number of aryl methyl sites for hydroxylation is 2. The van der Waals surface area contributed by atoms with Crippen molar-refractivity contribution in [1.82, 2.24) is 25.3 Å². The predicted molar refractivity (Wildman–Crippen MR) is 103 cm³/mol. The molecule has 0 saturated carbocycles. The Kier molecular flexibility index (Phi) is 6.18. The third-order valence-corrected chi connectivity index (χ3v) is 5.05. The minimum absolute atomic E-state index is 0.179. The molecule has 0 spiro atoms. The second-order valence-corrected chi connectivity index (χ2v) is 7.67. The topological polar surface area (TPSA) is 84.2 Å². The molecule has 0 aliphatic rings. The Bertz CT molecular complexity index is 877. The molecule has 3 aromatic rings. The van der Waals surface area contributed by atoms with Crippen molar-refractivity contribution in [2.24, 2.45) is 0 Å². The number of nitrogens with zero attached hydrogens (tertiary/aromatic N) is 4. The molecule has 3 aromatic heterocycles. The minimum atomic E-state index is -0.365. The van der Waals surface area contributed by atoms with Gasteiger partial charge < -0.3 is 14.7 Å². The maximum atomic E-state index is 12.9. The van der Waals surface area contributed by atoms with Crippen molar-refractivity contribution in [3.63, 3.8) is 0 Å². The normalized spacial score (nSPS) is 12.0. The summed E-state index contributed by atoms with van der Waals surface area (Å²) in [5.41, 5.74) is 1.02. The molecule has 27 heavy (non-hydrogen) atoms. The van der Waals surface area contributed by atoms with Gasteiger partial charge in [-0.3, -0.25) is 4.98 Å². The number of pyridine rings is 1. The van der Waals surface area contributed by atoms with Gasteiger partial charge in [-0.1, -0.05) is 12.1 Å². The highest BCUT2D eigenvalue weighted by molar-refractivity contribution is 7.11. The van der Waals surface area contributed by atoms with E-state index in [1.165, 1.54) is 4.88 Å². The maximum absolute atomic E-state index is 12.9. The smallest absolute Gasteiger partial charge is 0.318 e. The Balaban J connectivity index is 1.72. The summed E-state index contributed by atoms with van der Waals surface area (Å²) >= 11 is 1.69. The van der Waals surface area contributed by atoms with Gasteiger partial charge in [0.25, 0.3) is 0 Å². The van der Waals surface area contributed by atoms with Gasteiger partial charge in [-0.15, -0.1) is 11.3 Å². The van der Waals surface area contributed by atoms with E-state index in [2.05, 4.69) is 39.5 Å². The fraction of sp³-hybridized carbons (Fsp3) is 0.368. The Morgan fingerprint density at radius 3 is 2.67 bits per heavy atom. The van der Waals surface area contributed by atoms with Gasteiger partial charge in [-0.25, -0.2) is 4.79 Å². The molecule has 0 aliphatic carbocycles. The third-order valence-electron chi connectivity index (χ3n) is 4.06. The van der Waals surface area contributed by atoms with E-state index in [0.717, 1.165) is 10.4 Å². The zero-order valence-corrected chi connectivity index (χ0v) is 16.5. The standard InChI is InChI=1S/C19H23N5O2S/c1-4-17-22-18(26-23-17)14(3)21-19(25)24(11-15-7-9-20-10-8-15)12-16-6-5-13(2)27-16/h5-10,14H,4,11-12H2,1-3H3,(H,21,25)/t14-/m1/s1. The lowest BCUT2D eigenvalue weighted by molar-refractivity contribution is 0.186. The molecule has 0 aromatic carbocycles. The molecule has 0 radical (unpaired) electrons. The van der Waals surface area contributed by atoms with Crippen LogP contribution in [-0.2, 0) is 19.5 Å². The SMILES string of the molecule is CCc1noc([C@@H](C)NC(=O)N(Cc2ccncc2)Cc2ccc(C)s2)n1. The Hall–Kier alpha value is -2.74. The molecule has 3 heterocycles. The molecule has 0 aliphatic heterocycles. The highest BCUT2D eigenvalue weighted by atomic mass is 32.1. The zero-order chi connectivity index (χ0) is 19.2. The van der Waals surface area contributed by atoms with Crippen molar-refractivity contribution in [2.75, 3.05) is 0 Å². The summed E-state index contributed by atoms with van der Waals surface area (Å²) in [6.45, 7) is 6.87. The molecule has 0 saturated heterocycles. The van der Waals surface area contributed by atoms with E-state index in [4.69, 9.17) is 4.52 Å². The summed E-state index contributed by atoms with van der Waals surface area (Å²) in [6.07, 6.45) is 4.15. The second kappa shape index (κ2) is 8.77. The van der Waals surface area contributed by atoms with E-state index < -0.39 is 0 Å². The fourth-order valence-corrected chi connectivity index (χ4v) is 3.50. The first-order chi connectivity index (χ1) is 13.0. The molecular weight excluding hydrogens is 362 g/mol. The van der Waals surface area contributed by atoms with Crippen LogP contribution in [0.3, 0.4) is 0 Å². The van der Waals surface area contributed by atoms with E-state index >= 15 is 0 Å². The lowest BCUT2D eigenvalue weighted by Gasteiger charge is -2.24. The van der Waals surface area contributed by atoms with Gasteiger partial charge >= 0.3 is 6.03 Å². The van der Waals surface area contributed by atoms with E-state index in [-0.39, 0.29) is 12.1 Å². The summed E-state index contributed by atoms with van der Waals surface area (Å²) in [5, 5.41) is 6.85. The summed E-state index contributed by atoms with van der Waals surface area (Å²) in [7, 11) is 0. The molecule has 2 amide bonds. The summed E-state index contributed by atoms with van der Waals surface area (Å²) < 4.78 is 5.24. The Morgan fingerprint density at radius 1 is 1.26 bits per heavy atom. The number of carbonyl (C=O) groups is 1. The van der Waals surface area contributed by atoms with Gasteiger partial charge in [0, 0.05) is 35.1 Å². The molecule has 0 fully saturated rings. The van der Waals surface area contributed by atoms with Gasteiger partial charge in [0.15, 0.2) is 5.82 Å². The van der Waals surface area contributed by atoms with Crippen LogP contribution in [0.4, 0.5) is 4.79 Å². The first kappa shape index (κ1) is 19.0. The van der Waals surface area contributed by atoms with E-state index in [9.17, 15) is 4.79 Å². The van der Waals surface area contributed by atoms with Crippen molar-refractivity contribution in [2.45, 2.75) is 46.3 Å². The minimum Gasteiger partial charge on any atom is -0.337 e. The number of carbonyl (C=O) groups excluding carboxylic acids is 1. The van der Waals surface area contributed by atoms with Gasteiger partial charge in [0.1, 0.15) is 6.04 Å². The first-order valence-electron chi connectivity index (χ1n) is 8.87. The molecular formula is C19H23N5O2S. The molecule has 1 N–H and O–H groups in total. The molecule has 0 bridgehead atoms. The lowest BCUT2D eigenvalue weighted by Crippen LogP contribution is -2.40. The summed E-state index contributed by atoms with van der Waals surface area (Å²) in [5.74, 6) is 1.05. The summed E-state index contributed by atoms with van der Waals surface area (Å²) in [6, 6.07) is 7.40. The Labute approximate surface area is 162 Å². The quantitative estimate of drug-likeness (QED) is 0.667. The number of hydrogen-bond donors (Lipinski definition) is 1. The van der Waals surface area contributed by atoms with Gasteiger partial charge in [-0.2, -0.15) is 4.98 Å². The lowest BCUT2D eigenvalue weighted by atomic mass is 10.2. The van der Waals surface area contributed by atoms with E-state index in [0.29, 0.717) is 31.2 Å². The third kappa shape index (κ3) is 5.13. The number of nitrogens with one attached hydrogen (secondary N) is 1. The van der Waals surface area contributed by atoms with Gasteiger partial charge in [0.05, 0.1) is 6.54 Å². The van der Waals surface area contributed by atoms with E-state index in [1.807, 2.05) is 26.0 Å². The van der Waals surface area contributed by atoms with Gasteiger partial charge in [-0.05, 0) is 43.7 Å². The van der Waals surface area contributed by atoms with Crippen LogP contribution in [0.1, 0.15) is 46.9 Å². The average Bonchev–Trinajstić information content (AvgIpc) is 3.31. The van der Waals surface area contributed by atoms with Crippen LogP contribution in [0.25, 0.3) is 0 Å². The van der Waals surface area contributed by atoms with Crippen LogP contribution in [0, 0.1) is 6.92 Å².